The minimum atomic E-state index is 0.00838. The maximum Gasteiger partial charge on any atom is 0.317 e. The average Bonchev–Trinajstić information content (AvgIpc) is 2.21. The van der Waals surface area contributed by atoms with Crippen LogP contribution in [-0.2, 0) is 4.74 Å². The summed E-state index contributed by atoms with van der Waals surface area (Å²) in [6, 6.07) is 0.00838. The second-order valence-electron chi connectivity index (χ2n) is 3.01. The van der Waals surface area contributed by atoms with E-state index in [1.807, 2.05) is 20.8 Å². The lowest BCUT2D eigenvalue weighted by atomic mass is 10.4. The van der Waals surface area contributed by atoms with E-state index in [0.29, 0.717) is 19.8 Å². The Hall–Kier alpha value is -0.770. The Morgan fingerprint density at radius 1 is 1.36 bits per heavy atom. The first-order valence-electron chi connectivity index (χ1n) is 5.36. The van der Waals surface area contributed by atoms with Crippen molar-refractivity contribution in [3.63, 3.8) is 0 Å². The van der Waals surface area contributed by atoms with Crippen LogP contribution in [0.5, 0.6) is 0 Å². The maximum atomic E-state index is 11.5. The lowest BCUT2D eigenvalue weighted by molar-refractivity contribution is 0.120. The van der Waals surface area contributed by atoms with Crippen LogP contribution in [0.15, 0.2) is 0 Å². The maximum absolute atomic E-state index is 11.5. The quantitative estimate of drug-likeness (QED) is 0.635. The Morgan fingerprint density at radius 2 is 2.07 bits per heavy atom. The van der Waals surface area contributed by atoms with E-state index in [9.17, 15) is 4.79 Å². The molecule has 0 atom stereocenters. The summed E-state index contributed by atoms with van der Waals surface area (Å²) in [7, 11) is 0. The van der Waals surface area contributed by atoms with Gasteiger partial charge in [-0.1, -0.05) is 6.92 Å². The summed E-state index contributed by atoms with van der Waals surface area (Å²) >= 11 is 0. The summed E-state index contributed by atoms with van der Waals surface area (Å²) in [6.07, 6.45) is 0.967. The molecular formula is C10H22N2O2. The Balaban J connectivity index is 3.69. The molecule has 0 saturated carbocycles. The summed E-state index contributed by atoms with van der Waals surface area (Å²) in [6.45, 7) is 9.41. The summed E-state index contributed by atoms with van der Waals surface area (Å²) in [4.78, 5) is 13.2. The Bertz CT molecular complexity index is 151. The van der Waals surface area contributed by atoms with Crippen LogP contribution >= 0.6 is 0 Å². The number of carbonyl (C=O) groups excluding carboxylic acids is 1. The van der Waals surface area contributed by atoms with Gasteiger partial charge in [0.15, 0.2) is 0 Å². The number of likely N-dealkylation sites (N-methyl/N-ethyl adjacent to an activating group) is 1. The van der Waals surface area contributed by atoms with Crippen LogP contribution in [0.25, 0.3) is 0 Å². The SMILES string of the molecule is CCCNC(=O)N(CC)CCOCC. The molecule has 14 heavy (non-hydrogen) atoms. The smallest absolute Gasteiger partial charge is 0.317 e. The fraction of sp³-hybridized carbons (Fsp3) is 0.900. The van der Waals surface area contributed by atoms with Crippen molar-refractivity contribution >= 4 is 6.03 Å². The molecule has 0 aromatic carbocycles. The highest BCUT2D eigenvalue weighted by atomic mass is 16.5. The number of nitrogens with zero attached hydrogens (tertiary/aromatic N) is 1. The molecule has 0 aromatic heterocycles. The molecule has 0 aliphatic rings. The van der Waals surface area contributed by atoms with Gasteiger partial charge in [0.05, 0.1) is 6.61 Å². The summed E-state index contributed by atoms with van der Waals surface area (Å²) in [5.74, 6) is 0. The highest BCUT2D eigenvalue weighted by Crippen LogP contribution is 1.90. The standard InChI is InChI=1S/C10H22N2O2/c1-4-7-11-10(13)12(5-2)8-9-14-6-3/h4-9H2,1-3H3,(H,11,13). The lowest BCUT2D eigenvalue weighted by Crippen LogP contribution is -2.41. The first kappa shape index (κ1) is 13.2. The molecule has 0 spiro atoms. The molecule has 2 amide bonds. The van der Waals surface area contributed by atoms with Crippen LogP contribution in [0.4, 0.5) is 4.79 Å². The van der Waals surface area contributed by atoms with Crippen LogP contribution in [0.1, 0.15) is 27.2 Å². The summed E-state index contributed by atoms with van der Waals surface area (Å²) < 4.78 is 5.20. The number of nitrogens with one attached hydrogen (secondary N) is 1. The van der Waals surface area contributed by atoms with Crippen molar-refractivity contribution in [1.29, 1.82) is 0 Å². The minimum Gasteiger partial charge on any atom is -0.380 e. The van der Waals surface area contributed by atoms with E-state index in [2.05, 4.69) is 5.32 Å². The molecule has 0 aromatic rings. The molecule has 0 radical (unpaired) electrons. The molecule has 84 valence electrons. The topological polar surface area (TPSA) is 41.6 Å². The molecule has 0 aliphatic carbocycles. The summed E-state index contributed by atoms with van der Waals surface area (Å²) in [5, 5.41) is 2.84. The first-order valence-corrected chi connectivity index (χ1v) is 5.36. The average molecular weight is 202 g/mol. The molecule has 1 N–H and O–H groups in total. The van der Waals surface area contributed by atoms with E-state index < -0.39 is 0 Å². The lowest BCUT2D eigenvalue weighted by Gasteiger charge is -2.20. The van der Waals surface area contributed by atoms with Crippen LogP contribution < -0.4 is 5.32 Å². The van der Waals surface area contributed by atoms with Crippen molar-refractivity contribution in [1.82, 2.24) is 10.2 Å². The molecule has 0 aliphatic heterocycles. The predicted octanol–water partition coefficient (Wildman–Crippen LogP) is 1.46. The van der Waals surface area contributed by atoms with Gasteiger partial charge in [0.25, 0.3) is 0 Å². The molecule has 0 saturated heterocycles. The third kappa shape index (κ3) is 5.80. The number of hydrogen-bond acceptors (Lipinski definition) is 2. The first-order chi connectivity index (χ1) is 6.76. The van der Waals surface area contributed by atoms with E-state index in [-0.39, 0.29) is 6.03 Å². The van der Waals surface area contributed by atoms with E-state index in [4.69, 9.17) is 4.74 Å². The van der Waals surface area contributed by atoms with Gasteiger partial charge in [-0.3, -0.25) is 0 Å². The van der Waals surface area contributed by atoms with Crippen LogP contribution in [0.3, 0.4) is 0 Å². The van der Waals surface area contributed by atoms with Gasteiger partial charge in [0.2, 0.25) is 0 Å². The van der Waals surface area contributed by atoms with Gasteiger partial charge in [-0.2, -0.15) is 0 Å². The molecular weight excluding hydrogens is 180 g/mol. The van der Waals surface area contributed by atoms with Crippen LogP contribution in [-0.4, -0.2) is 43.8 Å². The van der Waals surface area contributed by atoms with Crippen molar-refractivity contribution in [2.24, 2.45) is 0 Å². The Kier molecular flexibility index (Phi) is 8.33. The second-order valence-corrected chi connectivity index (χ2v) is 3.01. The molecule has 0 heterocycles. The van der Waals surface area contributed by atoms with E-state index >= 15 is 0 Å². The predicted molar refractivity (Wildman–Crippen MR) is 57.4 cm³/mol. The fourth-order valence-electron chi connectivity index (χ4n) is 1.07. The third-order valence-corrected chi connectivity index (χ3v) is 1.90. The fourth-order valence-corrected chi connectivity index (χ4v) is 1.07. The van der Waals surface area contributed by atoms with Gasteiger partial charge >= 0.3 is 6.03 Å². The highest BCUT2D eigenvalue weighted by Gasteiger charge is 2.09. The van der Waals surface area contributed by atoms with E-state index in [1.54, 1.807) is 4.90 Å². The molecule has 4 nitrogen and oxygen atoms in total. The Labute approximate surface area is 86.6 Å². The minimum absolute atomic E-state index is 0.00838. The van der Waals surface area contributed by atoms with Gasteiger partial charge in [-0.25, -0.2) is 4.79 Å². The van der Waals surface area contributed by atoms with Gasteiger partial charge in [0.1, 0.15) is 0 Å². The number of ether oxygens (including phenoxy) is 1. The summed E-state index contributed by atoms with van der Waals surface area (Å²) in [5.41, 5.74) is 0. The van der Waals surface area contributed by atoms with Crippen LogP contribution in [0, 0.1) is 0 Å². The van der Waals surface area contributed by atoms with Crippen molar-refractivity contribution in [2.75, 3.05) is 32.8 Å². The van der Waals surface area contributed by atoms with Crippen molar-refractivity contribution < 1.29 is 9.53 Å². The molecule has 0 rings (SSSR count). The number of rotatable bonds is 7. The van der Waals surface area contributed by atoms with Gasteiger partial charge in [0, 0.05) is 26.2 Å². The molecule has 0 bridgehead atoms. The zero-order valence-corrected chi connectivity index (χ0v) is 9.51. The third-order valence-electron chi connectivity index (χ3n) is 1.90. The van der Waals surface area contributed by atoms with Crippen molar-refractivity contribution in [2.45, 2.75) is 27.2 Å². The highest BCUT2D eigenvalue weighted by molar-refractivity contribution is 5.74. The molecule has 4 heteroatoms. The van der Waals surface area contributed by atoms with Crippen LogP contribution in [0.2, 0.25) is 0 Å². The van der Waals surface area contributed by atoms with Gasteiger partial charge in [-0.05, 0) is 20.3 Å². The number of amides is 2. The number of hydrogen-bond donors (Lipinski definition) is 1. The monoisotopic (exact) mass is 202 g/mol. The van der Waals surface area contributed by atoms with E-state index in [1.165, 1.54) is 0 Å². The zero-order valence-electron chi connectivity index (χ0n) is 9.51. The van der Waals surface area contributed by atoms with Crippen molar-refractivity contribution in [3.8, 4) is 0 Å². The normalized spacial score (nSPS) is 9.93. The van der Waals surface area contributed by atoms with E-state index in [0.717, 1.165) is 19.5 Å². The molecule has 0 unspecified atom stereocenters. The Morgan fingerprint density at radius 3 is 2.57 bits per heavy atom. The van der Waals surface area contributed by atoms with Gasteiger partial charge in [-0.15, -0.1) is 0 Å². The number of urea groups is 1. The number of carbonyl (C=O) groups is 1. The largest absolute Gasteiger partial charge is 0.380 e. The second kappa shape index (κ2) is 8.81. The van der Waals surface area contributed by atoms with Crippen molar-refractivity contribution in [3.05, 3.63) is 0 Å². The zero-order chi connectivity index (χ0) is 10.8. The van der Waals surface area contributed by atoms with Gasteiger partial charge < -0.3 is 15.0 Å². The molecule has 0 fully saturated rings.